The number of hydrogen-bond acceptors (Lipinski definition) is 3. The second kappa shape index (κ2) is 6.16. The molecule has 1 atom stereocenters. The zero-order valence-corrected chi connectivity index (χ0v) is 12.6. The molecule has 1 amide bonds. The van der Waals surface area contributed by atoms with Gasteiger partial charge in [-0.3, -0.25) is 9.59 Å². The Bertz CT molecular complexity index is 549. The van der Waals surface area contributed by atoms with Crippen LogP contribution in [-0.4, -0.2) is 41.6 Å². The zero-order valence-electron chi connectivity index (χ0n) is 12.6. The van der Waals surface area contributed by atoms with E-state index in [2.05, 4.69) is 0 Å². The number of hydrogen-bond donors (Lipinski definition) is 1. The number of carboxylic acids is 1. The van der Waals surface area contributed by atoms with Crippen molar-refractivity contribution in [3.8, 4) is 5.75 Å². The van der Waals surface area contributed by atoms with Crippen LogP contribution in [0.15, 0.2) is 18.2 Å². The average Bonchev–Trinajstić information content (AvgIpc) is 2.38. The van der Waals surface area contributed by atoms with Crippen molar-refractivity contribution in [2.75, 3.05) is 19.7 Å². The molecule has 1 aliphatic rings. The fourth-order valence-corrected chi connectivity index (χ4v) is 2.35. The second-order valence-corrected chi connectivity index (χ2v) is 5.67. The van der Waals surface area contributed by atoms with Crippen molar-refractivity contribution in [2.45, 2.75) is 20.8 Å². The van der Waals surface area contributed by atoms with Crippen molar-refractivity contribution >= 4 is 11.9 Å². The number of aliphatic carboxylic acids is 1. The van der Waals surface area contributed by atoms with Gasteiger partial charge in [0, 0.05) is 19.0 Å². The van der Waals surface area contributed by atoms with E-state index in [0.717, 1.165) is 16.9 Å². The standard InChI is InChI=1S/C16H21NO4/c1-10-5-4-6-14(11(10)2)21-9-15(18)17-7-13(8-17)12(3)16(19)20/h4-6,12-13H,7-9H2,1-3H3,(H,19,20). The molecule has 1 aliphatic heterocycles. The maximum atomic E-state index is 12.0. The van der Waals surface area contributed by atoms with Crippen molar-refractivity contribution in [1.82, 2.24) is 4.90 Å². The zero-order chi connectivity index (χ0) is 15.6. The number of ether oxygens (including phenoxy) is 1. The molecule has 0 aliphatic carbocycles. The van der Waals surface area contributed by atoms with Crippen LogP contribution in [0.3, 0.4) is 0 Å². The lowest BCUT2D eigenvalue weighted by molar-refractivity contribution is -0.151. The number of nitrogens with zero attached hydrogens (tertiary/aromatic N) is 1. The van der Waals surface area contributed by atoms with Crippen LogP contribution < -0.4 is 4.74 Å². The van der Waals surface area contributed by atoms with E-state index in [-0.39, 0.29) is 18.4 Å². The summed E-state index contributed by atoms with van der Waals surface area (Å²) in [6.45, 7) is 6.64. The first-order valence-electron chi connectivity index (χ1n) is 7.09. The van der Waals surface area contributed by atoms with E-state index in [0.29, 0.717) is 13.1 Å². The van der Waals surface area contributed by atoms with Crippen LogP contribution in [0.2, 0.25) is 0 Å². The van der Waals surface area contributed by atoms with Gasteiger partial charge in [-0.25, -0.2) is 0 Å². The van der Waals surface area contributed by atoms with Gasteiger partial charge in [-0.05, 0) is 31.0 Å². The summed E-state index contributed by atoms with van der Waals surface area (Å²) in [5.41, 5.74) is 2.16. The van der Waals surface area contributed by atoms with Crippen molar-refractivity contribution in [1.29, 1.82) is 0 Å². The molecule has 1 fully saturated rings. The average molecular weight is 291 g/mol. The first-order valence-corrected chi connectivity index (χ1v) is 7.09. The molecule has 1 aromatic carbocycles. The smallest absolute Gasteiger partial charge is 0.306 e. The van der Waals surface area contributed by atoms with E-state index in [1.807, 2.05) is 32.0 Å². The SMILES string of the molecule is Cc1cccc(OCC(=O)N2CC(C(C)C(=O)O)C2)c1C. The largest absolute Gasteiger partial charge is 0.483 e. The van der Waals surface area contributed by atoms with Gasteiger partial charge in [0.2, 0.25) is 0 Å². The topological polar surface area (TPSA) is 66.8 Å². The molecule has 1 heterocycles. The van der Waals surface area contributed by atoms with Gasteiger partial charge >= 0.3 is 5.97 Å². The van der Waals surface area contributed by atoms with Gasteiger partial charge in [0.05, 0.1) is 5.92 Å². The quantitative estimate of drug-likeness (QED) is 0.899. The van der Waals surface area contributed by atoms with E-state index in [4.69, 9.17) is 9.84 Å². The molecule has 5 nitrogen and oxygen atoms in total. The number of aryl methyl sites for hydroxylation is 1. The molecule has 0 spiro atoms. The van der Waals surface area contributed by atoms with Crippen LogP contribution in [0.1, 0.15) is 18.1 Å². The normalized spacial score (nSPS) is 16.2. The highest BCUT2D eigenvalue weighted by molar-refractivity contribution is 5.79. The summed E-state index contributed by atoms with van der Waals surface area (Å²) in [6, 6.07) is 5.74. The Kier molecular flexibility index (Phi) is 4.50. The number of carbonyl (C=O) groups is 2. The summed E-state index contributed by atoms with van der Waals surface area (Å²) >= 11 is 0. The van der Waals surface area contributed by atoms with Gasteiger partial charge in [0.15, 0.2) is 6.61 Å². The van der Waals surface area contributed by atoms with E-state index in [1.165, 1.54) is 0 Å². The van der Waals surface area contributed by atoms with Gasteiger partial charge in [-0.1, -0.05) is 19.1 Å². The Labute approximate surface area is 124 Å². The molecule has 1 aromatic rings. The van der Waals surface area contributed by atoms with Gasteiger partial charge in [0.1, 0.15) is 5.75 Å². The Hall–Kier alpha value is -2.04. The number of rotatable bonds is 5. The van der Waals surface area contributed by atoms with Gasteiger partial charge in [-0.15, -0.1) is 0 Å². The number of carboxylic acid groups (broad SMARTS) is 1. The Morgan fingerprint density at radius 3 is 2.67 bits per heavy atom. The number of likely N-dealkylation sites (tertiary alicyclic amines) is 1. The number of amides is 1. The fourth-order valence-electron chi connectivity index (χ4n) is 2.35. The molecular formula is C16H21NO4. The van der Waals surface area contributed by atoms with E-state index >= 15 is 0 Å². The monoisotopic (exact) mass is 291 g/mol. The number of carbonyl (C=O) groups excluding carboxylic acids is 1. The van der Waals surface area contributed by atoms with Gasteiger partial charge in [-0.2, -0.15) is 0 Å². The lowest BCUT2D eigenvalue weighted by Crippen LogP contribution is -2.54. The molecule has 114 valence electrons. The van der Waals surface area contributed by atoms with Crippen molar-refractivity contribution in [3.05, 3.63) is 29.3 Å². The minimum Gasteiger partial charge on any atom is -0.483 e. The summed E-state index contributed by atoms with van der Waals surface area (Å²) in [4.78, 5) is 24.5. The lowest BCUT2D eigenvalue weighted by atomic mass is 9.87. The molecule has 21 heavy (non-hydrogen) atoms. The molecule has 5 heteroatoms. The van der Waals surface area contributed by atoms with Crippen molar-refractivity contribution in [2.24, 2.45) is 11.8 Å². The van der Waals surface area contributed by atoms with E-state index in [9.17, 15) is 9.59 Å². The maximum absolute atomic E-state index is 12.0. The van der Waals surface area contributed by atoms with Crippen LogP contribution in [-0.2, 0) is 9.59 Å². The summed E-state index contributed by atoms with van der Waals surface area (Å²) in [7, 11) is 0. The van der Waals surface area contributed by atoms with Gasteiger partial charge in [0.25, 0.3) is 5.91 Å². The molecule has 0 radical (unpaired) electrons. The third-order valence-corrected chi connectivity index (χ3v) is 4.27. The summed E-state index contributed by atoms with van der Waals surface area (Å²) in [5.74, 6) is -0.538. The first kappa shape index (κ1) is 15.4. The summed E-state index contributed by atoms with van der Waals surface area (Å²) < 4.78 is 5.57. The van der Waals surface area contributed by atoms with E-state index in [1.54, 1.807) is 11.8 Å². The van der Waals surface area contributed by atoms with Crippen LogP contribution in [0, 0.1) is 25.7 Å². The minimum atomic E-state index is -0.807. The van der Waals surface area contributed by atoms with Crippen LogP contribution in [0.25, 0.3) is 0 Å². The minimum absolute atomic E-state index is 0.00152. The van der Waals surface area contributed by atoms with Crippen LogP contribution >= 0.6 is 0 Å². The molecule has 1 N–H and O–H groups in total. The highest BCUT2D eigenvalue weighted by atomic mass is 16.5. The molecule has 1 saturated heterocycles. The fraction of sp³-hybridized carbons (Fsp3) is 0.500. The molecule has 0 saturated carbocycles. The predicted octanol–water partition coefficient (Wildman–Crippen LogP) is 1.86. The third kappa shape index (κ3) is 3.35. The summed E-state index contributed by atoms with van der Waals surface area (Å²) in [5, 5.41) is 8.92. The van der Waals surface area contributed by atoms with Gasteiger partial charge < -0.3 is 14.7 Å². The maximum Gasteiger partial charge on any atom is 0.306 e. The van der Waals surface area contributed by atoms with Crippen LogP contribution in [0.4, 0.5) is 0 Å². The highest BCUT2D eigenvalue weighted by Gasteiger charge is 2.37. The van der Waals surface area contributed by atoms with E-state index < -0.39 is 11.9 Å². The lowest BCUT2D eigenvalue weighted by Gasteiger charge is -2.41. The third-order valence-electron chi connectivity index (χ3n) is 4.27. The first-order chi connectivity index (χ1) is 9.90. The molecular weight excluding hydrogens is 270 g/mol. The summed E-state index contributed by atoms with van der Waals surface area (Å²) in [6.07, 6.45) is 0. The van der Waals surface area contributed by atoms with Crippen molar-refractivity contribution < 1.29 is 19.4 Å². The highest BCUT2D eigenvalue weighted by Crippen LogP contribution is 2.25. The molecule has 0 aromatic heterocycles. The predicted molar refractivity (Wildman–Crippen MR) is 78.3 cm³/mol. The molecule has 0 bridgehead atoms. The van der Waals surface area contributed by atoms with Crippen LogP contribution in [0.5, 0.6) is 5.75 Å². The number of benzene rings is 1. The molecule has 2 rings (SSSR count). The Morgan fingerprint density at radius 2 is 2.05 bits per heavy atom. The Balaban J connectivity index is 1.82. The van der Waals surface area contributed by atoms with Crippen molar-refractivity contribution in [3.63, 3.8) is 0 Å². The molecule has 1 unspecified atom stereocenters. The second-order valence-electron chi connectivity index (χ2n) is 5.67. The Morgan fingerprint density at radius 1 is 1.38 bits per heavy atom.